The molecule has 0 atom stereocenters. The third-order valence-electron chi connectivity index (χ3n) is 1.68. The van der Waals surface area contributed by atoms with Gasteiger partial charge in [0.05, 0.1) is 12.9 Å². The van der Waals surface area contributed by atoms with E-state index in [9.17, 15) is 8.42 Å². The third-order valence-corrected chi connectivity index (χ3v) is 2.61. The summed E-state index contributed by atoms with van der Waals surface area (Å²) in [5.41, 5.74) is 1.45. The Morgan fingerprint density at radius 1 is 1.57 bits per heavy atom. The highest BCUT2D eigenvalue weighted by molar-refractivity contribution is 7.85. The number of halogens is 1. The summed E-state index contributed by atoms with van der Waals surface area (Å²) in [4.78, 5) is 3.84. The van der Waals surface area contributed by atoms with Crippen molar-refractivity contribution in [3.05, 3.63) is 28.5 Å². The topological polar surface area (TPSA) is 56.3 Å². The lowest BCUT2D eigenvalue weighted by atomic mass is 10.2. The van der Waals surface area contributed by atoms with Crippen LogP contribution in [0.4, 0.5) is 0 Å². The number of hydrogen-bond donors (Lipinski definition) is 0. The van der Waals surface area contributed by atoms with Crippen LogP contribution in [0.15, 0.2) is 12.3 Å². The van der Waals surface area contributed by atoms with Gasteiger partial charge in [-0.25, -0.2) is 4.98 Å². The maximum absolute atomic E-state index is 10.7. The normalized spacial score (nSPS) is 11.6. The number of pyridine rings is 1. The number of rotatable bonds is 3. The van der Waals surface area contributed by atoms with Gasteiger partial charge < -0.3 is 0 Å². The number of hydrogen-bond acceptors (Lipinski definition) is 4. The van der Waals surface area contributed by atoms with Crippen molar-refractivity contribution in [2.45, 2.75) is 13.5 Å². The molecule has 1 aromatic heterocycles. The minimum Gasteiger partial charge on any atom is -0.265 e. The van der Waals surface area contributed by atoms with Gasteiger partial charge in [0.1, 0.15) is 5.15 Å². The Morgan fingerprint density at radius 2 is 2.21 bits per heavy atom. The highest BCUT2D eigenvalue weighted by atomic mass is 35.5. The Labute approximate surface area is 88.0 Å². The van der Waals surface area contributed by atoms with E-state index in [1.54, 1.807) is 13.0 Å². The monoisotopic (exact) mass is 235 g/mol. The summed E-state index contributed by atoms with van der Waals surface area (Å²) in [5.74, 6) is 0. The van der Waals surface area contributed by atoms with Crippen LogP contribution in [0.5, 0.6) is 0 Å². The predicted octanol–water partition coefficient (Wildman–Crippen LogP) is 1.52. The van der Waals surface area contributed by atoms with Crippen molar-refractivity contribution in [3.8, 4) is 0 Å². The molecule has 0 amide bonds. The minimum atomic E-state index is -3.42. The van der Waals surface area contributed by atoms with Crippen molar-refractivity contribution < 1.29 is 12.6 Å². The molecule has 78 valence electrons. The van der Waals surface area contributed by atoms with Gasteiger partial charge in [-0.1, -0.05) is 11.6 Å². The molecule has 0 N–H and O–H groups in total. The standard InChI is InChI=1S/C8H10ClNO3S/c1-6-7(3-4-10-8(6)9)5-13-14(2,11)12/h3-4H,5H2,1-2H3. The summed E-state index contributed by atoms with van der Waals surface area (Å²) in [6.07, 6.45) is 2.52. The lowest BCUT2D eigenvalue weighted by Crippen LogP contribution is -2.04. The van der Waals surface area contributed by atoms with E-state index in [1.807, 2.05) is 0 Å². The quantitative estimate of drug-likeness (QED) is 0.589. The molecule has 1 heterocycles. The summed E-state index contributed by atoms with van der Waals surface area (Å²) >= 11 is 5.75. The van der Waals surface area contributed by atoms with Gasteiger partial charge >= 0.3 is 0 Å². The first-order chi connectivity index (χ1) is 6.40. The maximum Gasteiger partial charge on any atom is 0.264 e. The van der Waals surface area contributed by atoms with E-state index in [4.69, 9.17) is 11.6 Å². The second-order valence-corrected chi connectivity index (χ2v) is 4.85. The van der Waals surface area contributed by atoms with Gasteiger partial charge in [-0.2, -0.15) is 8.42 Å². The molecule has 0 aromatic carbocycles. The second-order valence-electron chi connectivity index (χ2n) is 2.85. The van der Waals surface area contributed by atoms with Gasteiger partial charge in [-0.3, -0.25) is 4.18 Å². The molecule has 6 heteroatoms. The van der Waals surface area contributed by atoms with E-state index in [0.29, 0.717) is 5.15 Å². The first kappa shape index (κ1) is 11.4. The van der Waals surface area contributed by atoms with Crippen LogP contribution in [-0.4, -0.2) is 19.7 Å². The van der Waals surface area contributed by atoms with Gasteiger partial charge in [-0.05, 0) is 24.1 Å². The van der Waals surface area contributed by atoms with Crippen molar-refractivity contribution in [3.63, 3.8) is 0 Å². The Balaban J connectivity index is 2.83. The van der Waals surface area contributed by atoms with Crippen molar-refractivity contribution >= 4 is 21.7 Å². The molecule has 0 unspecified atom stereocenters. The van der Waals surface area contributed by atoms with Crippen molar-refractivity contribution in [1.82, 2.24) is 4.98 Å². The van der Waals surface area contributed by atoms with Gasteiger partial charge in [0.25, 0.3) is 10.1 Å². The molecule has 0 fully saturated rings. The molecule has 0 radical (unpaired) electrons. The lowest BCUT2D eigenvalue weighted by Gasteiger charge is -2.05. The van der Waals surface area contributed by atoms with Crippen LogP contribution in [0, 0.1) is 6.92 Å². The van der Waals surface area contributed by atoms with Gasteiger partial charge in [0, 0.05) is 6.20 Å². The summed E-state index contributed by atoms with van der Waals surface area (Å²) in [6.45, 7) is 1.75. The van der Waals surface area contributed by atoms with E-state index in [0.717, 1.165) is 17.4 Å². The zero-order chi connectivity index (χ0) is 10.8. The van der Waals surface area contributed by atoms with Crippen LogP contribution in [-0.2, 0) is 20.9 Å². The Bertz CT molecular complexity index is 430. The zero-order valence-corrected chi connectivity index (χ0v) is 9.39. The molecule has 0 aliphatic rings. The summed E-state index contributed by atoms with van der Waals surface area (Å²) < 4.78 is 26.1. The average molecular weight is 236 g/mol. The molecule has 1 rings (SSSR count). The van der Waals surface area contributed by atoms with E-state index in [-0.39, 0.29) is 6.61 Å². The third kappa shape index (κ3) is 3.25. The zero-order valence-electron chi connectivity index (χ0n) is 7.82. The average Bonchev–Trinajstić information content (AvgIpc) is 2.06. The van der Waals surface area contributed by atoms with E-state index < -0.39 is 10.1 Å². The van der Waals surface area contributed by atoms with Crippen molar-refractivity contribution in [2.24, 2.45) is 0 Å². The molecule has 0 bridgehead atoms. The fourth-order valence-electron chi connectivity index (χ4n) is 0.874. The van der Waals surface area contributed by atoms with Crippen LogP contribution in [0.3, 0.4) is 0 Å². The van der Waals surface area contributed by atoms with Crippen LogP contribution in [0.25, 0.3) is 0 Å². The van der Waals surface area contributed by atoms with E-state index in [2.05, 4.69) is 9.17 Å². The second kappa shape index (κ2) is 4.25. The molecule has 1 aromatic rings. The molecule has 0 spiro atoms. The molecule has 0 aliphatic carbocycles. The molecule has 0 saturated carbocycles. The minimum absolute atomic E-state index is 0.00704. The maximum atomic E-state index is 10.7. The van der Waals surface area contributed by atoms with Crippen LogP contribution < -0.4 is 0 Å². The SMILES string of the molecule is Cc1c(COS(C)(=O)=O)ccnc1Cl. The van der Waals surface area contributed by atoms with Crippen molar-refractivity contribution in [2.75, 3.05) is 6.26 Å². The molecule has 0 aliphatic heterocycles. The lowest BCUT2D eigenvalue weighted by molar-refractivity contribution is 0.311. The highest BCUT2D eigenvalue weighted by Gasteiger charge is 2.07. The van der Waals surface area contributed by atoms with Gasteiger partial charge in [0.2, 0.25) is 0 Å². The van der Waals surface area contributed by atoms with Crippen LogP contribution in [0.1, 0.15) is 11.1 Å². The first-order valence-corrected chi connectivity index (χ1v) is 6.04. The molecular weight excluding hydrogens is 226 g/mol. The Kier molecular flexibility index (Phi) is 3.47. The number of nitrogens with zero attached hydrogens (tertiary/aromatic N) is 1. The summed E-state index contributed by atoms with van der Waals surface area (Å²) in [5, 5.41) is 0.361. The highest BCUT2D eigenvalue weighted by Crippen LogP contribution is 2.16. The summed E-state index contributed by atoms with van der Waals surface area (Å²) in [6, 6.07) is 1.67. The smallest absolute Gasteiger partial charge is 0.264 e. The fraction of sp³-hybridized carbons (Fsp3) is 0.375. The Morgan fingerprint density at radius 3 is 2.79 bits per heavy atom. The van der Waals surface area contributed by atoms with Gasteiger partial charge in [0.15, 0.2) is 0 Å². The van der Waals surface area contributed by atoms with E-state index in [1.165, 1.54) is 6.20 Å². The van der Waals surface area contributed by atoms with Gasteiger partial charge in [-0.15, -0.1) is 0 Å². The molecule has 0 saturated heterocycles. The molecule has 4 nitrogen and oxygen atoms in total. The first-order valence-electron chi connectivity index (χ1n) is 3.84. The van der Waals surface area contributed by atoms with Crippen molar-refractivity contribution in [1.29, 1.82) is 0 Å². The fourth-order valence-corrected chi connectivity index (χ4v) is 1.39. The largest absolute Gasteiger partial charge is 0.265 e. The van der Waals surface area contributed by atoms with E-state index >= 15 is 0 Å². The molecular formula is C8H10ClNO3S. The predicted molar refractivity (Wildman–Crippen MR) is 53.6 cm³/mol. The Hall–Kier alpha value is -0.650. The number of aromatic nitrogens is 1. The van der Waals surface area contributed by atoms with Crippen LogP contribution in [0.2, 0.25) is 5.15 Å². The molecule has 14 heavy (non-hydrogen) atoms. The van der Waals surface area contributed by atoms with Crippen LogP contribution >= 0.6 is 11.6 Å². The summed E-state index contributed by atoms with van der Waals surface area (Å²) in [7, 11) is -3.42.